The van der Waals surface area contributed by atoms with Crippen LogP contribution in [0.3, 0.4) is 0 Å². The van der Waals surface area contributed by atoms with Gasteiger partial charge in [-0.3, -0.25) is 10.1 Å². The first-order chi connectivity index (χ1) is 12.6. The van der Waals surface area contributed by atoms with E-state index in [1.807, 2.05) is 24.3 Å². The minimum atomic E-state index is -0.475. The third-order valence-electron chi connectivity index (χ3n) is 4.73. The van der Waals surface area contributed by atoms with Crippen LogP contribution >= 0.6 is 0 Å². The lowest BCUT2D eigenvalue weighted by Crippen LogP contribution is -2.28. The lowest BCUT2D eigenvalue weighted by Gasteiger charge is -2.17. The maximum atomic E-state index is 11.2. The number of para-hydroxylation sites is 1. The molecule has 6 heteroatoms. The largest absolute Gasteiger partial charge is 0.459 e. The quantitative estimate of drug-likeness (QED) is 0.542. The smallest absolute Gasteiger partial charge is 0.280 e. The van der Waals surface area contributed by atoms with Crippen molar-refractivity contribution in [1.82, 2.24) is 5.32 Å². The van der Waals surface area contributed by atoms with Gasteiger partial charge in [-0.2, -0.15) is 0 Å². The van der Waals surface area contributed by atoms with Gasteiger partial charge in [0.1, 0.15) is 11.5 Å². The predicted octanol–water partition coefficient (Wildman–Crippen LogP) is 3.60. The zero-order chi connectivity index (χ0) is 18.1. The molecule has 1 aliphatic rings. The molecule has 2 N–H and O–H groups in total. The molecule has 1 aromatic heterocycles. The second kappa shape index (κ2) is 6.74. The SMILES string of the molecule is O=[N+]([O-])c1ccccc1-c1ccc(CN[C@@H]2c3ccccc3C[C@@H]2O)o1. The van der Waals surface area contributed by atoms with E-state index >= 15 is 0 Å². The Morgan fingerprint density at radius 3 is 2.73 bits per heavy atom. The van der Waals surface area contributed by atoms with Crippen LogP contribution in [0.2, 0.25) is 0 Å². The zero-order valence-corrected chi connectivity index (χ0v) is 14.0. The number of nitrogens with one attached hydrogen (secondary N) is 1. The van der Waals surface area contributed by atoms with Crippen LogP contribution < -0.4 is 5.32 Å². The molecule has 0 unspecified atom stereocenters. The van der Waals surface area contributed by atoms with Gasteiger partial charge >= 0.3 is 0 Å². The van der Waals surface area contributed by atoms with Crippen molar-refractivity contribution < 1.29 is 14.4 Å². The monoisotopic (exact) mass is 350 g/mol. The Kier molecular flexibility index (Phi) is 4.28. The van der Waals surface area contributed by atoms with E-state index < -0.39 is 11.0 Å². The summed E-state index contributed by atoms with van der Waals surface area (Å²) in [6, 6.07) is 17.9. The van der Waals surface area contributed by atoms with Crippen LogP contribution in [0.15, 0.2) is 65.1 Å². The zero-order valence-electron chi connectivity index (χ0n) is 14.0. The van der Waals surface area contributed by atoms with Crippen molar-refractivity contribution in [1.29, 1.82) is 0 Å². The van der Waals surface area contributed by atoms with E-state index in [1.54, 1.807) is 30.3 Å². The molecule has 0 saturated heterocycles. The normalized spacial score (nSPS) is 18.7. The molecule has 0 spiro atoms. The van der Waals surface area contributed by atoms with Crippen molar-refractivity contribution in [3.63, 3.8) is 0 Å². The average molecular weight is 350 g/mol. The Bertz CT molecular complexity index is 950. The number of hydrogen-bond donors (Lipinski definition) is 2. The molecule has 0 saturated carbocycles. The average Bonchev–Trinajstić information content (AvgIpc) is 3.23. The number of fused-ring (bicyclic) bond motifs is 1. The minimum absolute atomic E-state index is 0.0153. The fourth-order valence-electron chi connectivity index (χ4n) is 3.49. The number of rotatable bonds is 5. The molecular weight excluding hydrogens is 332 g/mol. The van der Waals surface area contributed by atoms with Crippen molar-refractivity contribution >= 4 is 5.69 Å². The molecule has 4 rings (SSSR count). The molecule has 2 atom stereocenters. The number of nitrogens with zero attached hydrogens (tertiary/aromatic N) is 1. The summed E-state index contributed by atoms with van der Waals surface area (Å²) in [6.45, 7) is 0.427. The van der Waals surface area contributed by atoms with E-state index in [1.165, 1.54) is 6.07 Å². The van der Waals surface area contributed by atoms with Crippen LogP contribution in [0.4, 0.5) is 5.69 Å². The van der Waals surface area contributed by atoms with Gasteiger partial charge in [-0.1, -0.05) is 36.4 Å². The Morgan fingerprint density at radius 1 is 1.12 bits per heavy atom. The highest BCUT2D eigenvalue weighted by molar-refractivity contribution is 5.69. The molecule has 1 aliphatic carbocycles. The van der Waals surface area contributed by atoms with Gasteiger partial charge in [0, 0.05) is 12.5 Å². The first kappa shape index (κ1) is 16.5. The predicted molar refractivity (Wildman–Crippen MR) is 96.5 cm³/mol. The second-order valence-corrected chi connectivity index (χ2v) is 6.37. The third kappa shape index (κ3) is 3.00. The van der Waals surface area contributed by atoms with E-state index in [9.17, 15) is 15.2 Å². The third-order valence-corrected chi connectivity index (χ3v) is 4.73. The van der Waals surface area contributed by atoms with Crippen LogP contribution in [0.5, 0.6) is 0 Å². The van der Waals surface area contributed by atoms with Crippen LogP contribution in [0, 0.1) is 10.1 Å². The van der Waals surface area contributed by atoms with E-state index in [0.29, 0.717) is 30.0 Å². The number of aliphatic hydroxyl groups is 1. The van der Waals surface area contributed by atoms with Crippen LogP contribution in [0.1, 0.15) is 22.9 Å². The van der Waals surface area contributed by atoms with Gasteiger partial charge in [-0.25, -0.2) is 0 Å². The summed E-state index contributed by atoms with van der Waals surface area (Å²) in [5.74, 6) is 1.12. The van der Waals surface area contributed by atoms with Crippen LogP contribution in [-0.2, 0) is 13.0 Å². The standard InChI is InChI=1S/C20H18N2O4/c23-18-11-13-5-1-2-6-15(13)20(18)21-12-14-9-10-19(26-14)16-7-3-4-8-17(16)22(24)25/h1-10,18,20-21,23H,11-12H2/t18-,20+/m0/s1. The van der Waals surface area contributed by atoms with Crippen LogP contribution in [0.25, 0.3) is 11.3 Å². The molecule has 1 heterocycles. The van der Waals surface area contributed by atoms with Gasteiger partial charge in [0.15, 0.2) is 0 Å². The molecule has 0 bridgehead atoms. The van der Waals surface area contributed by atoms with Gasteiger partial charge in [0.05, 0.1) is 29.2 Å². The molecule has 26 heavy (non-hydrogen) atoms. The summed E-state index contributed by atoms with van der Waals surface area (Å²) >= 11 is 0. The molecular formula is C20H18N2O4. The highest BCUT2D eigenvalue weighted by Crippen LogP contribution is 2.33. The molecule has 3 aromatic rings. The number of furan rings is 1. The summed E-state index contributed by atoms with van der Waals surface area (Å²) in [5, 5.41) is 24.8. The summed E-state index contributed by atoms with van der Waals surface area (Å²) in [5.41, 5.74) is 2.72. The highest BCUT2D eigenvalue weighted by Gasteiger charge is 2.30. The van der Waals surface area contributed by atoms with Crippen molar-refractivity contribution in [3.05, 3.63) is 87.7 Å². The summed E-state index contributed by atoms with van der Waals surface area (Å²) in [6.07, 6.45) is 0.157. The van der Waals surface area contributed by atoms with Gasteiger partial charge < -0.3 is 14.8 Å². The van der Waals surface area contributed by atoms with Gasteiger partial charge in [0.25, 0.3) is 5.69 Å². The van der Waals surface area contributed by atoms with E-state index in [0.717, 1.165) is 11.1 Å². The van der Waals surface area contributed by atoms with Crippen molar-refractivity contribution in [2.75, 3.05) is 0 Å². The van der Waals surface area contributed by atoms with Gasteiger partial charge in [0.2, 0.25) is 0 Å². The van der Waals surface area contributed by atoms with Crippen LogP contribution in [-0.4, -0.2) is 16.1 Å². The Balaban J connectivity index is 1.51. The molecule has 0 fully saturated rings. The number of hydrogen-bond acceptors (Lipinski definition) is 5. The van der Waals surface area contributed by atoms with Gasteiger partial charge in [-0.05, 0) is 29.3 Å². The first-order valence-corrected chi connectivity index (χ1v) is 8.45. The topological polar surface area (TPSA) is 88.5 Å². The van der Waals surface area contributed by atoms with Gasteiger partial charge in [-0.15, -0.1) is 0 Å². The van der Waals surface area contributed by atoms with E-state index in [-0.39, 0.29) is 11.7 Å². The summed E-state index contributed by atoms with van der Waals surface area (Å²) < 4.78 is 5.79. The number of nitro benzene ring substituents is 1. The molecule has 6 nitrogen and oxygen atoms in total. The highest BCUT2D eigenvalue weighted by atomic mass is 16.6. The lowest BCUT2D eigenvalue weighted by atomic mass is 10.1. The molecule has 0 radical (unpaired) electrons. The summed E-state index contributed by atoms with van der Waals surface area (Å²) in [7, 11) is 0. The maximum absolute atomic E-state index is 11.2. The molecule has 0 amide bonds. The van der Waals surface area contributed by atoms with E-state index in [4.69, 9.17) is 4.42 Å². The lowest BCUT2D eigenvalue weighted by molar-refractivity contribution is -0.384. The van der Waals surface area contributed by atoms with E-state index in [2.05, 4.69) is 5.32 Å². The Labute approximate surface area is 150 Å². The van der Waals surface area contributed by atoms with Crippen molar-refractivity contribution in [2.45, 2.75) is 25.1 Å². The number of nitro groups is 1. The first-order valence-electron chi connectivity index (χ1n) is 8.45. The van der Waals surface area contributed by atoms with Crippen molar-refractivity contribution in [3.8, 4) is 11.3 Å². The number of benzene rings is 2. The number of aliphatic hydroxyl groups excluding tert-OH is 1. The van der Waals surface area contributed by atoms with Crippen molar-refractivity contribution in [2.24, 2.45) is 0 Å². The summed E-state index contributed by atoms with van der Waals surface area (Å²) in [4.78, 5) is 10.8. The minimum Gasteiger partial charge on any atom is -0.459 e. The molecule has 2 aromatic carbocycles. The molecule has 0 aliphatic heterocycles. The Hall–Kier alpha value is -2.96. The second-order valence-electron chi connectivity index (χ2n) is 6.37. The fourth-order valence-corrected chi connectivity index (χ4v) is 3.49. The Morgan fingerprint density at radius 2 is 1.88 bits per heavy atom. The maximum Gasteiger partial charge on any atom is 0.280 e. The molecule has 132 valence electrons. The fraction of sp³-hybridized carbons (Fsp3) is 0.200.